The van der Waals surface area contributed by atoms with Gasteiger partial charge < -0.3 is 9.47 Å². The van der Waals surface area contributed by atoms with Crippen molar-refractivity contribution in [3.8, 4) is 75.0 Å². The standard InChI is InChI=1S/C56H32N8/c57-33-38-13-7-9-19-47(38)51-32-52(62-56(61-51)48-20-10-8-14-39(48)34-58)55-41(35-59)29-40(30-42(55)36-60)37-23-25-45(26-24-37)64-53-22-12-11-21-49(53)50-31-46(27-28-54(50)64)63(43-15-3-1-4-16-43)44-17-5-2-6-18-44/h1-32H. The summed E-state index contributed by atoms with van der Waals surface area (Å²) in [6, 6.07) is 72.2. The van der Waals surface area contributed by atoms with E-state index in [0.29, 0.717) is 44.8 Å². The number of para-hydroxylation sites is 3. The normalized spacial score (nSPS) is 10.8. The molecule has 0 amide bonds. The predicted octanol–water partition coefficient (Wildman–Crippen LogP) is 13.2. The summed E-state index contributed by atoms with van der Waals surface area (Å²) >= 11 is 0. The van der Waals surface area contributed by atoms with Crippen molar-refractivity contribution in [3.05, 3.63) is 216 Å². The minimum Gasteiger partial charge on any atom is -0.310 e. The van der Waals surface area contributed by atoms with Crippen LogP contribution in [0.5, 0.6) is 0 Å². The van der Waals surface area contributed by atoms with Gasteiger partial charge in [0.2, 0.25) is 0 Å². The quantitative estimate of drug-likeness (QED) is 0.149. The van der Waals surface area contributed by atoms with E-state index in [0.717, 1.165) is 50.1 Å². The number of rotatable bonds is 8. The molecule has 296 valence electrons. The van der Waals surface area contributed by atoms with Crippen LogP contribution in [-0.2, 0) is 0 Å². The van der Waals surface area contributed by atoms with Crippen molar-refractivity contribution in [2.24, 2.45) is 0 Å². The Bertz CT molecular complexity index is 3450. The third-order valence-electron chi connectivity index (χ3n) is 11.4. The fourth-order valence-corrected chi connectivity index (χ4v) is 8.46. The van der Waals surface area contributed by atoms with E-state index in [1.54, 1.807) is 60.7 Å². The van der Waals surface area contributed by atoms with Gasteiger partial charge in [0, 0.05) is 50.2 Å². The van der Waals surface area contributed by atoms with Gasteiger partial charge in [0.15, 0.2) is 5.82 Å². The number of hydrogen-bond acceptors (Lipinski definition) is 7. The van der Waals surface area contributed by atoms with Crippen molar-refractivity contribution in [2.45, 2.75) is 0 Å². The lowest BCUT2D eigenvalue weighted by atomic mass is 9.92. The molecule has 0 unspecified atom stereocenters. The molecule has 0 bridgehead atoms. The summed E-state index contributed by atoms with van der Waals surface area (Å²) in [5.41, 5.74) is 11.1. The van der Waals surface area contributed by atoms with Crippen LogP contribution in [0.3, 0.4) is 0 Å². The van der Waals surface area contributed by atoms with Crippen LogP contribution in [0.15, 0.2) is 194 Å². The zero-order valence-corrected chi connectivity index (χ0v) is 34.1. The van der Waals surface area contributed by atoms with Gasteiger partial charge in [-0.15, -0.1) is 0 Å². The maximum atomic E-state index is 10.7. The Labute approximate surface area is 369 Å². The first-order valence-electron chi connectivity index (χ1n) is 20.5. The first kappa shape index (κ1) is 38.6. The van der Waals surface area contributed by atoms with Crippen molar-refractivity contribution in [3.63, 3.8) is 0 Å². The van der Waals surface area contributed by atoms with Gasteiger partial charge in [0.05, 0.1) is 69.0 Å². The van der Waals surface area contributed by atoms with Gasteiger partial charge in [0.25, 0.3) is 0 Å². The van der Waals surface area contributed by atoms with E-state index < -0.39 is 0 Å². The van der Waals surface area contributed by atoms with Crippen molar-refractivity contribution in [2.75, 3.05) is 4.90 Å². The second kappa shape index (κ2) is 16.5. The molecule has 64 heavy (non-hydrogen) atoms. The highest BCUT2D eigenvalue weighted by atomic mass is 15.1. The van der Waals surface area contributed by atoms with Crippen molar-refractivity contribution >= 4 is 38.9 Å². The average molecular weight is 817 g/mol. The number of fused-ring (bicyclic) bond motifs is 3. The fourth-order valence-electron chi connectivity index (χ4n) is 8.46. The highest BCUT2D eigenvalue weighted by Crippen LogP contribution is 2.41. The number of aromatic nitrogens is 3. The molecule has 8 heteroatoms. The smallest absolute Gasteiger partial charge is 0.161 e. The van der Waals surface area contributed by atoms with Gasteiger partial charge in [-0.1, -0.05) is 97.1 Å². The molecular weight excluding hydrogens is 785 g/mol. The van der Waals surface area contributed by atoms with E-state index >= 15 is 0 Å². The van der Waals surface area contributed by atoms with Crippen molar-refractivity contribution in [1.29, 1.82) is 21.0 Å². The highest BCUT2D eigenvalue weighted by Gasteiger charge is 2.22. The summed E-state index contributed by atoms with van der Waals surface area (Å²) in [4.78, 5) is 11.9. The lowest BCUT2D eigenvalue weighted by Crippen LogP contribution is -2.09. The molecule has 10 aromatic rings. The molecule has 0 saturated carbocycles. The van der Waals surface area contributed by atoms with Gasteiger partial charge >= 0.3 is 0 Å². The van der Waals surface area contributed by atoms with Gasteiger partial charge in [-0.05, 0) is 108 Å². The summed E-state index contributed by atoms with van der Waals surface area (Å²) < 4.78 is 2.26. The van der Waals surface area contributed by atoms with E-state index in [9.17, 15) is 21.0 Å². The number of nitriles is 4. The Balaban J connectivity index is 1.07. The molecule has 0 fully saturated rings. The molecule has 0 saturated heterocycles. The Kier molecular flexibility index (Phi) is 9.92. The molecule has 0 spiro atoms. The molecule has 0 aliphatic heterocycles. The summed E-state index contributed by atoms with van der Waals surface area (Å²) in [6.07, 6.45) is 0. The van der Waals surface area contributed by atoms with Crippen molar-refractivity contribution in [1.82, 2.24) is 14.5 Å². The Morgan fingerprint density at radius 1 is 0.391 bits per heavy atom. The van der Waals surface area contributed by atoms with Crippen LogP contribution in [0.25, 0.3) is 72.5 Å². The van der Waals surface area contributed by atoms with Crippen LogP contribution in [0.4, 0.5) is 17.1 Å². The van der Waals surface area contributed by atoms with Crippen LogP contribution in [-0.4, -0.2) is 14.5 Å². The number of benzene rings is 8. The number of nitrogens with zero attached hydrogens (tertiary/aromatic N) is 8. The maximum absolute atomic E-state index is 10.7. The number of anilines is 3. The Morgan fingerprint density at radius 2 is 0.922 bits per heavy atom. The molecule has 0 atom stereocenters. The van der Waals surface area contributed by atoms with E-state index in [2.05, 4.69) is 137 Å². The second-order valence-electron chi connectivity index (χ2n) is 15.1. The maximum Gasteiger partial charge on any atom is 0.161 e. The summed E-state index contributed by atoms with van der Waals surface area (Å²) in [5.74, 6) is 0.232. The van der Waals surface area contributed by atoms with E-state index in [1.165, 1.54) is 0 Å². The van der Waals surface area contributed by atoms with Crippen LogP contribution in [0.1, 0.15) is 22.3 Å². The van der Waals surface area contributed by atoms with Crippen molar-refractivity contribution < 1.29 is 0 Å². The van der Waals surface area contributed by atoms with Crippen LogP contribution >= 0.6 is 0 Å². The van der Waals surface area contributed by atoms with Crippen LogP contribution < -0.4 is 4.90 Å². The second-order valence-corrected chi connectivity index (χ2v) is 15.1. The number of hydrogen-bond donors (Lipinski definition) is 0. The SMILES string of the molecule is N#Cc1ccccc1-c1cc(-c2c(C#N)cc(-c3ccc(-n4c5ccccc5c5cc(N(c6ccccc6)c6ccccc6)ccc54)cc3)cc2C#N)nc(-c2ccccc2C#N)n1. The third-order valence-corrected chi connectivity index (χ3v) is 11.4. The van der Waals surface area contributed by atoms with Crippen LogP contribution in [0.2, 0.25) is 0 Å². The molecule has 0 N–H and O–H groups in total. The summed E-state index contributed by atoms with van der Waals surface area (Å²) in [6.45, 7) is 0. The largest absolute Gasteiger partial charge is 0.310 e. The van der Waals surface area contributed by atoms with Gasteiger partial charge in [0.1, 0.15) is 0 Å². The highest BCUT2D eigenvalue weighted by molar-refractivity contribution is 6.10. The molecule has 8 aromatic carbocycles. The molecule has 0 radical (unpaired) electrons. The van der Waals surface area contributed by atoms with E-state index in [4.69, 9.17) is 9.97 Å². The minimum atomic E-state index is 0.232. The van der Waals surface area contributed by atoms with E-state index in [-0.39, 0.29) is 17.0 Å². The lowest BCUT2D eigenvalue weighted by molar-refractivity contribution is 1.17. The molecular formula is C56H32N8. The Morgan fingerprint density at radius 3 is 1.56 bits per heavy atom. The molecule has 8 nitrogen and oxygen atoms in total. The monoisotopic (exact) mass is 816 g/mol. The molecule has 0 aliphatic carbocycles. The molecule has 2 aromatic heterocycles. The molecule has 0 aliphatic rings. The first-order chi connectivity index (χ1) is 31.6. The average Bonchev–Trinajstić information content (AvgIpc) is 3.70. The topological polar surface area (TPSA) is 129 Å². The molecule has 10 rings (SSSR count). The molecule has 2 heterocycles. The van der Waals surface area contributed by atoms with Crippen LogP contribution in [0, 0.1) is 45.3 Å². The summed E-state index contributed by atoms with van der Waals surface area (Å²) in [5, 5.41) is 43.5. The lowest BCUT2D eigenvalue weighted by Gasteiger charge is -2.25. The van der Waals surface area contributed by atoms with Gasteiger partial charge in [-0.3, -0.25) is 0 Å². The zero-order chi connectivity index (χ0) is 43.6. The van der Waals surface area contributed by atoms with Gasteiger partial charge in [-0.25, -0.2) is 9.97 Å². The first-order valence-corrected chi connectivity index (χ1v) is 20.5. The van der Waals surface area contributed by atoms with E-state index in [1.807, 2.05) is 30.3 Å². The fraction of sp³-hybridized carbons (Fsp3) is 0. The third kappa shape index (κ3) is 6.83. The minimum absolute atomic E-state index is 0.232. The summed E-state index contributed by atoms with van der Waals surface area (Å²) in [7, 11) is 0. The zero-order valence-electron chi connectivity index (χ0n) is 34.1. The Hall–Kier alpha value is -9.60. The van der Waals surface area contributed by atoms with Gasteiger partial charge in [-0.2, -0.15) is 21.0 Å². The predicted molar refractivity (Wildman–Crippen MR) is 252 cm³/mol.